The van der Waals surface area contributed by atoms with E-state index in [4.69, 9.17) is 0 Å². The van der Waals surface area contributed by atoms with E-state index < -0.39 is 6.04 Å². The highest BCUT2D eigenvalue weighted by atomic mass is 32.2. The number of aryl methyl sites for hydroxylation is 1. The third-order valence-electron chi connectivity index (χ3n) is 5.68. The van der Waals surface area contributed by atoms with Crippen LogP contribution in [0.3, 0.4) is 0 Å². The summed E-state index contributed by atoms with van der Waals surface area (Å²) < 4.78 is 0. The van der Waals surface area contributed by atoms with E-state index >= 15 is 0 Å². The van der Waals surface area contributed by atoms with E-state index in [-0.39, 0.29) is 17.9 Å². The zero-order chi connectivity index (χ0) is 21.3. The van der Waals surface area contributed by atoms with Crippen LogP contribution in [0.25, 0.3) is 0 Å². The molecule has 1 N–H and O–H groups in total. The summed E-state index contributed by atoms with van der Waals surface area (Å²) in [6.45, 7) is 4.36. The Labute approximate surface area is 184 Å². The fourth-order valence-corrected chi connectivity index (χ4v) is 4.65. The van der Waals surface area contributed by atoms with Gasteiger partial charge in [-0.15, -0.1) is 11.8 Å². The van der Waals surface area contributed by atoms with Crippen LogP contribution in [0.4, 0.5) is 0 Å². The molecular formula is C25H32N2O2S. The first-order chi connectivity index (χ1) is 14.5. The maximum absolute atomic E-state index is 13.1. The van der Waals surface area contributed by atoms with Crippen LogP contribution in [0.5, 0.6) is 0 Å². The predicted octanol–water partition coefficient (Wildman–Crippen LogP) is 4.70. The smallest absolute Gasteiger partial charge is 0.242 e. The number of carbonyl (C=O) groups is 2. The second-order valence-corrected chi connectivity index (χ2v) is 9.14. The highest BCUT2D eigenvalue weighted by Crippen LogP contribution is 2.19. The van der Waals surface area contributed by atoms with Crippen LogP contribution < -0.4 is 5.32 Å². The third-order valence-corrected chi connectivity index (χ3v) is 6.67. The van der Waals surface area contributed by atoms with E-state index in [2.05, 4.69) is 36.5 Å². The molecule has 4 nitrogen and oxygen atoms in total. The number of amides is 2. The molecule has 2 amide bonds. The molecule has 0 aromatic heterocycles. The van der Waals surface area contributed by atoms with Crippen LogP contribution >= 0.6 is 11.8 Å². The molecule has 1 aliphatic carbocycles. The van der Waals surface area contributed by atoms with E-state index in [9.17, 15) is 9.59 Å². The molecule has 5 heteroatoms. The van der Waals surface area contributed by atoms with Gasteiger partial charge in [-0.25, -0.2) is 0 Å². The quantitative estimate of drug-likeness (QED) is 0.634. The first kappa shape index (κ1) is 22.4. The molecule has 0 unspecified atom stereocenters. The van der Waals surface area contributed by atoms with Gasteiger partial charge in [-0.3, -0.25) is 9.59 Å². The van der Waals surface area contributed by atoms with E-state index in [0.29, 0.717) is 12.3 Å². The third kappa shape index (κ3) is 6.63. The SMILES string of the molecule is Cc1ccc(CSCC(=O)N(Cc2ccccc2)[C@@H](C)C(=O)NC2CCCC2)cc1. The maximum atomic E-state index is 13.1. The molecule has 2 aromatic rings. The van der Waals surface area contributed by atoms with Gasteiger partial charge < -0.3 is 10.2 Å². The number of hydrogen-bond acceptors (Lipinski definition) is 3. The Morgan fingerprint density at radius 1 is 1.03 bits per heavy atom. The summed E-state index contributed by atoms with van der Waals surface area (Å²) in [7, 11) is 0. The minimum atomic E-state index is -0.488. The van der Waals surface area contributed by atoms with E-state index in [1.807, 2.05) is 37.3 Å². The van der Waals surface area contributed by atoms with Crippen molar-refractivity contribution >= 4 is 23.6 Å². The van der Waals surface area contributed by atoms with Crippen molar-refractivity contribution in [1.29, 1.82) is 0 Å². The number of carbonyl (C=O) groups excluding carboxylic acids is 2. The van der Waals surface area contributed by atoms with Crippen molar-refractivity contribution in [1.82, 2.24) is 10.2 Å². The molecular weight excluding hydrogens is 392 g/mol. The lowest BCUT2D eigenvalue weighted by Gasteiger charge is -2.29. The molecule has 0 heterocycles. The first-order valence-electron chi connectivity index (χ1n) is 10.8. The molecule has 3 rings (SSSR count). The molecule has 1 fully saturated rings. The van der Waals surface area contributed by atoms with Crippen molar-refractivity contribution < 1.29 is 9.59 Å². The molecule has 0 saturated heterocycles. The monoisotopic (exact) mass is 424 g/mol. The van der Waals surface area contributed by atoms with Crippen LogP contribution in [0.2, 0.25) is 0 Å². The zero-order valence-corrected chi connectivity index (χ0v) is 18.8. The molecule has 0 aliphatic heterocycles. The van der Waals surface area contributed by atoms with Crippen molar-refractivity contribution in [2.75, 3.05) is 5.75 Å². The average molecular weight is 425 g/mol. The van der Waals surface area contributed by atoms with Gasteiger partial charge in [0.2, 0.25) is 11.8 Å². The lowest BCUT2D eigenvalue weighted by atomic mass is 10.1. The number of thioether (sulfide) groups is 1. The Morgan fingerprint density at radius 2 is 1.70 bits per heavy atom. The van der Waals surface area contributed by atoms with Crippen molar-refractivity contribution in [2.45, 2.75) is 63.9 Å². The summed E-state index contributed by atoms with van der Waals surface area (Å²) in [6, 6.07) is 18.1. The highest BCUT2D eigenvalue weighted by Gasteiger charge is 2.28. The summed E-state index contributed by atoms with van der Waals surface area (Å²) >= 11 is 1.60. The Bertz CT molecular complexity index is 817. The van der Waals surface area contributed by atoms with Gasteiger partial charge in [0.05, 0.1) is 5.75 Å². The van der Waals surface area contributed by atoms with E-state index in [1.165, 1.54) is 24.0 Å². The standard InChI is InChI=1S/C25H32N2O2S/c1-19-12-14-22(15-13-19)17-30-18-24(28)27(16-21-8-4-3-5-9-21)20(2)25(29)26-23-10-6-7-11-23/h3-5,8-9,12-15,20,23H,6-7,10-11,16-18H2,1-2H3,(H,26,29)/t20-/m0/s1. The van der Waals surface area contributed by atoms with Gasteiger partial charge in [0.25, 0.3) is 0 Å². The molecule has 30 heavy (non-hydrogen) atoms. The highest BCUT2D eigenvalue weighted by molar-refractivity contribution is 7.99. The molecule has 160 valence electrons. The number of rotatable bonds is 9. The molecule has 1 saturated carbocycles. The van der Waals surface area contributed by atoms with Gasteiger partial charge in [-0.2, -0.15) is 0 Å². The van der Waals surface area contributed by atoms with Gasteiger partial charge in [-0.1, -0.05) is 73.0 Å². The lowest BCUT2D eigenvalue weighted by molar-refractivity contribution is -0.138. The van der Waals surface area contributed by atoms with Crippen LogP contribution in [0.1, 0.15) is 49.3 Å². The molecule has 1 aliphatic rings. The fraction of sp³-hybridized carbons (Fsp3) is 0.440. The summed E-state index contributed by atoms with van der Waals surface area (Å²) in [5, 5.41) is 3.15. The molecule has 0 radical (unpaired) electrons. The molecule has 0 bridgehead atoms. The first-order valence-corrected chi connectivity index (χ1v) is 12.0. The Hall–Kier alpha value is -2.27. The van der Waals surface area contributed by atoms with Crippen molar-refractivity contribution in [3.05, 3.63) is 71.3 Å². The summed E-state index contributed by atoms with van der Waals surface area (Å²) in [4.78, 5) is 27.7. The average Bonchev–Trinajstić information content (AvgIpc) is 3.26. The van der Waals surface area contributed by atoms with Crippen LogP contribution in [-0.4, -0.2) is 34.6 Å². The van der Waals surface area contributed by atoms with Crippen molar-refractivity contribution in [3.8, 4) is 0 Å². The van der Waals surface area contributed by atoms with Gasteiger partial charge in [0, 0.05) is 18.3 Å². The van der Waals surface area contributed by atoms with Gasteiger partial charge in [-0.05, 0) is 37.8 Å². The van der Waals surface area contributed by atoms with Crippen LogP contribution in [0.15, 0.2) is 54.6 Å². The largest absolute Gasteiger partial charge is 0.352 e. The van der Waals surface area contributed by atoms with Crippen molar-refractivity contribution in [3.63, 3.8) is 0 Å². The lowest BCUT2D eigenvalue weighted by Crippen LogP contribution is -2.50. The molecule has 2 aromatic carbocycles. The minimum absolute atomic E-state index is 0.00466. The number of benzene rings is 2. The normalized spacial score (nSPS) is 15.0. The van der Waals surface area contributed by atoms with E-state index in [0.717, 1.165) is 24.2 Å². The zero-order valence-electron chi connectivity index (χ0n) is 18.0. The van der Waals surface area contributed by atoms with Crippen molar-refractivity contribution in [2.24, 2.45) is 0 Å². The Balaban J connectivity index is 1.62. The van der Waals surface area contributed by atoms with Gasteiger partial charge in [0.15, 0.2) is 0 Å². The Kier molecular flexibility index (Phi) is 8.38. The summed E-state index contributed by atoms with van der Waals surface area (Å²) in [5.74, 6) is 1.11. The molecule has 0 spiro atoms. The van der Waals surface area contributed by atoms with E-state index in [1.54, 1.807) is 16.7 Å². The van der Waals surface area contributed by atoms with Crippen LogP contribution in [-0.2, 0) is 21.9 Å². The second kappa shape index (κ2) is 11.2. The Morgan fingerprint density at radius 3 is 2.37 bits per heavy atom. The predicted molar refractivity (Wildman–Crippen MR) is 124 cm³/mol. The molecule has 1 atom stereocenters. The minimum Gasteiger partial charge on any atom is -0.352 e. The second-order valence-electron chi connectivity index (χ2n) is 8.15. The summed E-state index contributed by atoms with van der Waals surface area (Å²) in [5.41, 5.74) is 3.48. The number of nitrogens with zero attached hydrogens (tertiary/aromatic N) is 1. The summed E-state index contributed by atoms with van der Waals surface area (Å²) in [6.07, 6.45) is 4.41. The van der Waals surface area contributed by atoms with Gasteiger partial charge in [0.1, 0.15) is 6.04 Å². The topological polar surface area (TPSA) is 49.4 Å². The van der Waals surface area contributed by atoms with Crippen LogP contribution in [0, 0.1) is 6.92 Å². The maximum Gasteiger partial charge on any atom is 0.242 e. The number of nitrogens with one attached hydrogen (secondary N) is 1. The number of hydrogen-bond donors (Lipinski definition) is 1. The van der Waals surface area contributed by atoms with Gasteiger partial charge >= 0.3 is 0 Å². The fourth-order valence-electron chi connectivity index (χ4n) is 3.78.